The van der Waals surface area contributed by atoms with Crippen LogP contribution in [0, 0.1) is 13.8 Å². The van der Waals surface area contributed by atoms with Crippen LogP contribution < -0.4 is 5.32 Å². The zero-order chi connectivity index (χ0) is 21.8. The summed E-state index contributed by atoms with van der Waals surface area (Å²) in [5.74, 6) is -1.81. The molecule has 1 atom stereocenters. The van der Waals surface area contributed by atoms with Gasteiger partial charge >= 0.3 is 5.97 Å². The van der Waals surface area contributed by atoms with Crippen LogP contribution in [-0.4, -0.2) is 52.5 Å². The van der Waals surface area contributed by atoms with Crippen molar-refractivity contribution in [3.8, 4) is 0 Å². The van der Waals surface area contributed by atoms with Crippen LogP contribution in [0.5, 0.6) is 0 Å². The molecule has 1 saturated heterocycles. The smallest absolute Gasteiger partial charge is 0.341 e. The Morgan fingerprint density at radius 2 is 1.93 bits per heavy atom. The molecule has 1 aliphatic heterocycles. The maximum Gasteiger partial charge on any atom is 0.341 e. The average molecular weight is 427 g/mol. The number of ether oxygens (including phenoxy) is 1. The van der Waals surface area contributed by atoms with Gasteiger partial charge in [0.2, 0.25) is 11.8 Å². The Balaban J connectivity index is 1.62. The maximum atomic E-state index is 12.5. The molecule has 0 radical (unpaired) electrons. The normalized spacial score (nSPS) is 16.0. The summed E-state index contributed by atoms with van der Waals surface area (Å²) in [6.45, 7) is 3.38. The first kappa shape index (κ1) is 21.5. The van der Waals surface area contributed by atoms with E-state index in [4.69, 9.17) is 4.74 Å². The number of amides is 3. The second kappa shape index (κ2) is 9.08. The number of hydrogen-bond acceptors (Lipinski definition) is 7. The zero-order valence-electron chi connectivity index (χ0n) is 16.8. The van der Waals surface area contributed by atoms with Crippen LogP contribution in [0.25, 0.3) is 0 Å². The lowest BCUT2D eigenvalue weighted by Gasteiger charge is -2.12. The van der Waals surface area contributed by atoms with Crippen molar-refractivity contribution in [2.24, 2.45) is 0 Å². The van der Waals surface area contributed by atoms with E-state index in [1.807, 2.05) is 32.0 Å². The fraction of sp³-hybridized carbons (Fsp3) is 0.286. The van der Waals surface area contributed by atoms with E-state index in [2.05, 4.69) is 10.3 Å². The minimum absolute atomic E-state index is 0.0450. The van der Waals surface area contributed by atoms with E-state index in [9.17, 15) is 19.2 Å². The van der Waals surface area contributed by atoms with Crippen molar-refractivity contribution < 1.29 is 23.9 Å². The number of nitrogens with zero attached hydrogens (tertiary/aromatic N) is 2. The van der Waals surface area contributed by atoms with Crippen LogP contribution in [0.1, 0.15) is 27.9 Å². The molecule has 156 valence electrons. The van der Waals surface area contributed by atoms with Gasteiger partial charge in [-0.3, -0.25) is 19.3 Å². The Kier molecular flexibility index (Phi) is 6.51. The largest absolute Gasteiger partial charge is 0.452 e. The topological polar surface area (TPSA) is 106 Å². The van der Waals surface area contributed by atoms with Crippen molar-refractivity contribution in [3.63, 3.8) is 0 Å². The van der Waals surface area contributed by atoms with Crippen LogP contribution >= 0.6 is 11.8 Å². The van der Waals surface area contributed by atoms with Gasteiger partial charge in [-0.1, -0.05) is 17.8 Å². The summed E-state index contributed by atoms with van der Waals surface area (Å²) >= 11 is 1.04. The molecular formula is C21H21N3O5S. The van der Waals surface area contributed by atoms with Gasteiger partial charge in [0.15, 0.2) is 6.61 Å². The van der Waals surface area contributed by atoms with Crippen molar-refractivity contribution >= 4 is 41.1 Å². The third kappa shape index (κ3) is 5.04. The fourth-order valence-electron chi connectivity index (χ4n) is 3.04. The highest BCUT2D eigenvalue weighted by atomic mass is 32.2. The highest BCUT2D eigenvalue weighted by Crippen LogP contribution is 2.31. The predicted molar refractivity (Wildman–Crippen MR) is 111 cm³/mol. The molecular weight excluding hydrogens is 406 g/mol. The highest BCUT2D eigenvalue weighted by molar-refractivity contribution is 8.00. The molecule has 2 heterocycles. The number of benzene rings is 1. The van der Waals surface area contributed by atoms with Crippen LogP contribution in [0.2, 0.25) is 0 Å². The average Bonchev–Trinajstić information content (AvgIpc) is 2.92. The number of esters is 1. The lowest BCUT2D eigenvalue weighted by molar-refractivity contribution is -0.136. The maximum absolute atomic E-state index is 12.5. The van der Waals surface area contributed by atoms with Crippen LogP contribution in [0.15, 0.2) is 41.6 Å². The number of nitrogens with one attached hydrogen (secondary N) is 1. The Morgan fingerprint density at radius 3 is 2.57 bits per heavy atom. The first-order valence-electron chi connectivity index (χ1n) is 9.22. The lowest BCUT2D eigenvalue weighted by Crippen LogP contribution is -2.26. The molecule has 1 unspecified atom stereocenters. The summed E-state index contributed by atoms with van der Waals surface area (Å²) in [7, 11) is 1.42. The minimum atomic E-state index is -0.730. The third-order valence-corrected chi connectivity index (χ3v) is 5.63. The number of pyridine rings is 1. The van der Waals surface area contributed by atoms with Gasteiger partial charge in [0.25, 0.3) is 5.91 Å². The minimum Gasteiger partial charge on any atom is -0.452 e. The standard InChI is InChI=1S/C21H21N3O5S/c1-12-7-13(2)9-14(8-12)23-17(25)11-29-21(28)15-5-4-6-22-19(15)30-16-10-18(26)24(3)20(16)27/h4-9,16H,10-11H2,1-3H3,(H,23,25). The molecule has 0 spiro atoms. The molecule has 3 amide bonds. The second-order valence-electron chi connectivity index (χ2n) is 6.96. The number of anilines is 1. The molecule has 3 rings (SSSR count). The Hall–Kier alpha value is -3.20. The summed E-state index contributed by atoms with van der Waals surface area (Å²) in [5.41, 5.74) is 2.77. The quantitative estimate of drug-likeness (QED) is 0.557. The number of carbonyl (C=O) groups is 4. The molecule has 9 heteroatoms. The summed E-state index contributed by atoms with van der Waals surface area (Å²) in [6, 6.07) is 8.69. The van der Waals surface area contributed by atoms with Crippen LogP contribution in [0.4, 0.5) is 5.69 Å². The molecule has 8 nitrogen and oxygen atoms in total. The summed E-state index contributed by atoms with van der Waals surface area (Å²) in [4.78, 5) is 53.7. The van der Waals surface area contributed by atoms with Crippen LogP contribution in [0.3, 0.4) is 0 Å². The molecule has 1 fully saturated rings. The van der Waals surface area contributed by atoms with Crippen molar-refractivity contribution in [1.82, 2.24) is 9.88 Å². The number of imide groups is 1. The van der Waals surface area contributed by atoms with Gasteiger partial charge in [-0.05, 0) is 49.2 Å². The predicted octanol–water partition coefficient (Wildman–Crippen LogP) is 2.34. The van der Waals surface area contributed by atoms with Crippen molar-refractivity contribution in [2.45, 2.75) is 30.5 Å². The Bertz CT molecular complexity index is 1000. The molecule has 1 aromatic heterocycles. The van der Waals surface area contributed by atoms with Gasteiger partial charge in [0, 0.05) is 25.4 Å². The number of aromatic nitrogens is 1. The lowest BCUT2D eigenvalue weighted by atomic mass is 10.1. The Labute approximate surface area is 178 Å². The number of hydrogen-bond donors (Lipinski definition) is 1. The van der Waals surface area contributed by atoms with Gasteiger partial charge in [-0.2, -0.15) is 0 Å². The first-order valence-corrected chi connectivity index (χ1v) is 10.1. The summed E-state index contributed by atoms with van der Waals surface area (Å²) in [6.07, 6.45) is 1.53. The Morgan fingerprint density at radius 1 is 1.23 bits per heavy atom. The number of aryl methyl sites for hydroxylation is 2. The number of carbonyl (C=O) groups excluding carboxylic acids is 4. The van der Waals surface area contributed by atoms with Gasteiger partial charge in [0.05, 0.1) is 10.8 Å². The van der Waals surface area contributed by atoms with E-state index in [0.717, 1.165) is 27.8 Å². The van der Waals surface area contributed by atoms with Crippen LogP contribution in [-0.2, 0) is 19.1 Å². The fourth-order valence-corrected chi connectivity index (χ4v) is 4.20. The van der Waals surface area contributed by atoms with Gasteiger partial charge in [0.1, 0.15) is 5.03 Å². The molecule has 0 bridgehead atoms. The molecule has 30 heavy (non-hydrogen) atoms. The molecule has 1 aromatic carbocycles. The second-order valence-corrected chi connectivity index (χ2v) is 8.15. The van der Waals surface area contributed by atoms with E-state index in [1.165, 1.54) is 19.3 Å². The zero-order valence-corrected chi connectivity index (χ0v) is 17.6. The number of likely N-dealkylation sites (tertiary alicyclic amines) is 1. The van der Waals surface area contributed by atoms with Gasteiger partial charge < -0.3 is 10.1 Å². The van der Waals surface area contributed by atoms with E-state index in [1.54, 1.807) is 6.07 Å². The van der Waals surface area contributed by atoms with Crippen molar-refractivity contribution in [3.05, 3.63) is 53.2 Å². The molecule has 2 aromatic rings. The number of thioether (sulfide) groups is 1. The highest BCUT2D eigenvalue weighted by Gasteiger charge is 2.37. The number of rotatable bonds is 6. The van der Waals surface area contributed by atoms with Crippen molar-refractivity contribution in [2.75, 3.05) is 19.0 Å². The van der Waals surface area contributed by atoms with Gasteiger partial charge in [-0.15, -0.1) is 0 Å². The molecule has 0 aliphatic carbocycles. The third-order valence-electron chi connectivity index (χ3n) is 4.42. The summed E-state index contributed by atoms with van der Waals surface area (Å²) < 4.78 is 5.13. The SMILES string of the molecule is Cc1cc(C)cc(NC(=O)COC(=O)c2cccnc2SC2CC(=O)N(C)C2=O)c1. The van der Waals surface area contributed by atoms with E-state index >= 15 is 0 Å². The molecule has 0 saturated carbocycles. The van der Waals surface area contributed by atoms with E-state index < -0.39 is 23.7 Å². The van der Waals surface area contributed by atoms with E-state index in [0.29, 0.717) is 5.69 Å². The first-order chi connectivity index (χ1) is 14.2. The van der Waals surface area contributed by atoms with Gasteiger partial charge in [-0.25, -0.2) is 9.78 Å². The molecule has 1 aliphatic rings. The van der Waals surface area contributed by atoms with E-state index in [-0.39, 0.29) is 28.8 Å². The summed E-state index contributed by atoms with van der Waals surface area (Å²) in [5, 5.41) is 2.33. The molecule has 1 N–H and O–H groups in total. The van der Waals surface area contributed by atoms with Crippen molar-refractivity contribution in [1.29, 1.82) is 0 Å². The monoisotopic (exact) mass is 427 g/mol.